The highest BCUT2D eigenvalue weighted by atomic mass is 16.5. The van der Waals surface area contributed by atoms with Crippen LogP contribution in [0.3, 0.4) is 0 Å². The number of benzene rings is 2. The molecule has 2 heterocycles. The molecule has 0 saturated carbocycles. The third kappa shape index (κ3) is 4.54. The van der Waals surface area contributed by atoms with E-state index < -0.39 is 0 Å². The van der Waals surface area contributed by atoms with E-state index in [1.54, 1.807) is 18.3 Å². The first kappa shape index (κ1) is 20.9. The van der Waals surface area contributed by atoms with Crippen molar-refractivity contribution in [2.75, 3.05) is 13.2 Å². The summed E-state index contributed by atoms with van der Waals surface area (Å²) in [4.78, 5) is 17.1. The molecular formula is C25H25NO5. The van der Waals surface area contributed by atoms with Gasteiger partial charge in [-0.2, -0.15) is 0 Å². The van der Waals surface area contributed by atoms with E-state index in [0.717, 1.165) is 16.5 Å². The molecule has 31 heavy (non-hydrogen) atoms. The zero-order valence-electron chi connectivity index (χ0n) is 17.6. The fourth-order valence-corrected chi connectivity index (χ4v) is 3.42. The number of aliphatic hydroxyl groups excluding tert-OH is 1. The second-order valence-corrected chi connectivity index (χ2v) is 7.66. The Hall–Kier alpha value is -3.38. The van der Waals surface area contributed by atoms with Crippen molar-refractivity contribution in [3.05, 3.63) is 76.3 Å². The van der Waals surface area contributed by atoms with Crippen LogP contribution in [0.1, 0.15) is 37.5 Å². The predicted molar refractivity (Wildman–Crippen MR) is 120 cm³/mol. The molecule has 0 aliphatic heterocycles. The summed E-state index contributed by atoms with van der Waals surface area (Å²) in [6.07, 6.45) is 2.23. The largest absolute Gasteiger partial charge is 0.492 e. The van der Waals surface area contributed by atoms with Crippen molar-refractivity contribution in [2.24, 2.45) is 0 Å². The van der Waals surface area contributed by atoms with Gasteiger partial charge in [-0.1, -0.05) is 32.0 Å². The molecule has 2 aromatic carbocycles. The normalized spacial score (nSPS) is 11.4. The van der Waals surface area contributed by atoms with Crippen LogP contribution in [-0.2, 0) is 6.61 Å². The number of nitrogens with zero attached hydrogens (tertiary/aromatic N) is 1. The van der Waals surface area contributed by atoms with E-state index in [0.29, 0.717) is 41.3 Å². The minimum absolute atomic E-state index is 0.00927. The predicted octanol–water partition coefficient (Wildman–Crippen LogP) is 4.80. The van der Waals surface area contributed by atoms with Gasteiger partial charge >= 0.3 is 0 Å². The number of pyridine rings is 1. The number of hydrogen-bond acceptors (Lipinski definition) is 6. The van der Waals surface area contributed by atoms with Gasteiger partial charge in [0.1, 0.15) is 34.8 Å². The third-order valence-corrected chi connectivity index (χ3v) is 5.05. The smallest absolute Gasteiger partial charge is 0.196 e. The maximum absolute atomic E-state index is 12.8. The minimum atomic E-state index is -0.157. The van der Waals surface area contributed by atoms with Crippen molar-refractivity contribution < 1.29 is 19.0 Å². The monoisotopic (exact) mass is 419 g/mol. The van der Waals surface area contributed by atoms with Crippen molar-refractivity contribution in [2.45, 2.75) is 32.8 Å². The van der Waals surface area contributed by atoms with E-state index in [-0.39, 0.29) is 24.6 Å². The first-order valence-electron chi connectivity index (χ1n) is 10.4. The van der Waals surface area contributed by atoms with Gasteiger partial charge in [-0.05, 0) is 12.1 Å². The van der Waals surface area contributed by atoms with Crippen LogP contribution in [-0.4, -0.2) is 23.3 Å². The number of aromatic nitrogens is 1. The molecule has 0 fully saturated rings. The zero-order valence-corrected chi connectivity index (χ0v) is 17.6. The van der Waals surface area contributed by atoms with Gasteiger partial charge in [0.15, 0.2) is 5.43 Å². The Morgan fingerprint density at radius 2 is 1.94 bits per heavy atom. The van der Waals surface area contributed by atoms with E-state index in [2.05, 4.69) is 4.98 Å². The molecule has 0 amide bonds. The molecule has 0 atom stereocenters. The van der Waals surface area contributed by atoms with Gasteiger partial charge in [0.25, 0.3) is 0 Å². The van der Waals surface area contributed by atoms with Crippen LogP contribution in [0.2, 0.25) is 0 Å². The van der Waals surface area contributed by atoms with Crippen molar-refractivity contribution in [3.8, 4) is 11.5 Å². The molecule has 0 saturated heterocycles. The number of fused-ring (bicyclic) bond motifs is 2. The molecule has 0 bridgehead atoms. The summed E-state index contributed by atoms with van der Waals surface area (Å²) in [6, 6.07) is 14.8. The lowest BCUT2D eigenvalue weighted by molar-refractivity contribution is 0.233. The molecule has 0 aliphatic rings. The highest BCUT2D eigenvalue weighted by Crippen LogP contribution is 2.32. The fraction of sp³-hybridized carbons (Fsp3) is 0.280. The van der Waals surface area contributed by atoms with E-state index in [1.165, 1.54) is 6.07 Å². The molecule has 6 heteroatoms. The zero-order chi connectivity index (χ0) is 21.8. The molecule has 2 aromatic heterocycles. The fourth-order valence-electron chi connectivity index (χ4n) is 3.42. The van der Waals surface area contributed by atoms with Crippen molar-refractivity contribution in [1.82, 2.24) is 4.98 Å². The Morgan fingerprint density at radius 1 is 1.10 bits per heavy atom. The second kappa shape index (κ2) is 9.18. The molecule has 0 radical (unpaired) electrons. The van der Waals surface area contributed by atoms with Gasteiger partial charge in [0.2, 0.25) is 0 Å². The highest BCUT2D eigenvalue weighted by Gasteiger charge is 2.15. The van der Waals surface area contributed by atoms with Crippen LogP contribution in [0.4, 0.5) is 0 Å². The average Bonchev–Trinajstić information content (AvgIpc) is 2.77. The van der Waals surface area contributed by atoms with Crippen LogP contribution >= 0.6 is 0 Å². The van der Waals surface area contributed by atoms with Crippen LogP contribution in [0, 0.1) is 0 Å². The summed E-state index contributed by atoms with van der Waals surface area (Å²) in [5.74, 6) is 1.61. The van der Waals surface area contributed by atoms with E-state index in [9.17, 15) is 4.79 Å². The first-order valence-corrected chi connectivity index (χ1v) is 10.4. The lowest BCUT2D eigenvalue weighted by atomic mass is 10.1. The van der Waals surface area contributed by atoms with Crippen molar-refractivity contribution >= 4 is 21.9 Å². The Labute approximate surface area is 180 Å². The third-order valence-electron chi connectivity index (χ3n) is 5.05. The molecule has 4 aromatic rings. The SMILES string of the molecule is CC(C)c1cc(=O)c2c(OCCCO)cc(OCc3ccnc4ccccc34)cc2o1. The van der Waals surface area contributed by atoms with Gasteiger partial charge < -0.3 is 19.0 Å². The Balaban J connectivity index is 1.71. The number of rotatable bonds is 8. The summed E-state index contributed by atoms with van der Waals surface area (Å²) >= 11 is 0. The number of para-hydroxylation sites is 1. The highest BCUT2D eigenvalue weighted by molar-refractivity contribution is 5.85. The summed E-state index contributed by atoms with van der Waals surface area (Å²) < 4.78 is 17.9. The lowest BCUT2D eigenvalue weighted by Crippen LogP contribution is -2.08. The van der Waals surface area contributed by atoms with Gasteiger partial charge in [0, 0.05) is 54.3 Å². The maximum atomic E-state index is 12.8. The lowest BCUT2D eigenvalue weighted by Gasteiger charge is -2.14. The molecule has 160 valence electrons. The standard InChI is InChI=1S/C25H25NO5/c1-16(2)22-14-21(28)25-23(29-11-5-10-27)12-18(13-24(25)31-22)30-15-17-8-9-26-20-7-4-3-6-19(17)20/h3-4,6-9,12-14,16,27H,5,10-11,15H2,1-2H3. The molecule has 0 aliphatic carbocycles. The molecule has 1 N–H and O–H groups in total. The van der Waals surface area contributed by atoms with Gasteiger partial charge in [-0.3, -0.25) is 9.78 Å². The minimum Gasteiger partial charge on any atom is -0.492 e. The molecule has 0 spiro atoms. The second-order valence-electron chi connectivity index (χ2n) is 7.66. The number of ether oxygens (including phenoxy) is 2. The molecular weight excluding hydrogens is 394 g/mol. The van der Waals surface area contributed by atoms with Crippen LogP contribution < -0.4 is 14.9 Å². The summed E-state index contributed by atoms with van der Waals surface area (Å²) in [7, 11) is 0. The topological polar surface area (TPSA) is 81.8 Å². The average molecular weight is 419 g/mol. The van der Waals surface area contributed by atoms with E-state index >= 15 is 0 Å². The van der Waals surface area contributed by atoms with Crippen LogP contribution in [0.25, 0.3) is 21.9 Å². The van der Waals surface area contributed by atoms with E-state index in [4.69, 9.17) is 19.0 Å². The Bertz CT molecular complexity index is 1260. The Morgan fingerprint density at radius 3 is 2.74 bits per heavy atom. The number of hydrogen-bond donors (Lipinski definition) is 1. The van der Waals surface area contributed by atoms with Crippen LogP contribution in [0.5, 0.6) is 11.5 Å². The van der Waals surface area contributed by atoms with Crippen LogP contribution in [0.15, 0.2) is 63.9 Å². The maximum Gasteiger partial charge on any atom is 0.196 e. The summed E-state index contributed by atoms with van der Waals surface area (Å²) in [5.41, 5.74) is 2.18. The van der Waals surface area contributed by atoms with Crippen molar-refractivity contribution in [1.29, 1.82) is 0 Å². The van der Waals surface area contributed by atoms with Gasteiger partial charge in [-0.15, -0.1) is 0 Å². The van der Waals surface area contributed by atoms with Gasteiger partial charge in [-0.25, -0.2) is 0 Å². The molecule has 6 nitrogen and oxygen atoms in total. The van der Waals surface area contributed by atoms with Crippen molar-refractivity contribution in [3.63, 3.8) is 0 Å². The number of aliphatic hydroxyl groups is 1. The quantitative estimate of drug-likeness (QED) is 0.413. The summed E-state index contributed by atoms with van der Waals surface area (Å²) in [5, 5.41) is 10.5. The van der Waals surface area contributed by atoms with Gasteiger partial charge in [0.05, 0.1) is 12.1 Å². The summed E-state index contributed by atoms with van der Waals surface area (Å²) in [6.45, 7) is 4.57. The molecule has 4 rings (SSSR count). The Kier molecular flexibility index (Phi) is 6.18. The molecule has 0 unspecified atom stereocenters. The van der Waals surface area contributed by atoms with E-state index in [1.807, 2.05) is 44.2 Å². The first-order chi connectivity index (χ1) is 15.1.